The standard InChI is InChI=1S/C19H23N3O3/c1-14(25-16-6-4-3-5-7-16)11-21-19(20-2)22-12-15-8-9-17-18(10-15)24-13-23-17/h3-10,14H,11-13H2,1-2H3,(H2,20,21,22). The highest BCUT2D eigenvalue weighted by Gasteiger charge is 2.13. The van der Waals surface area contributed by atoms with Crippen LogP contribution in [0.4, 0.5) is 0 Å². The van der Waals surface area contributed by atoms with E-state index in [1.165, 1.54) is 0 Å². The summed E-state index contributed by atoms with van der Waals surface area (Å²) in [5, 5.41) is 6.55. The molecule has 25 heavy (non-hydrogen) atoms. The fourth-order valence-corrected chi connectivity index (χ4v) is 2.47. The third-order valence-corrected chi connectivity index (χ3v) is 3.76. The number of aliphatic imine (C=N–C) groups is 1. The first-order valence-electron chi connectivity index (χ1n) is 8.29. The Morgan fingerprint density at radius 3 is 2.72 bits per heavy atom. The summed E-state index contributed by atoms with van der Waals surface area (Å²) in [5.41, 5.74) is 1.10. The number of nitrogens with one attached hydrogen (secondary N) is 2. The highest BCUT2D eigenvalue weighted by molar-refractivity contribution is 5.79. The second-order valence-electron chi connectivity index (χ2n) is 5.74. The van der Waals surface area contributed by atoms with Gasteiger partial charge in [-0.25, -0.2) is 0 Å². The number of guanidine groups is 1. The fourth-order valence-electron chi connectivity index (χ4n) is 2.47. The van der Waals surface area contributed by atoms with Crippen LogP contribution >= 0.6 is 0 Å². The minimum Gasteiger partial charge on any atom is -0.489 e. The maximum absolute atomic E-state index is 5.85. The highest BCUT2D eigenvalue weighted by atomic mass is 16.7. The molecule has 2 aromatic carbocycles. The van der Waals surface area contributed by atoms with Crippen LogP contribution < -0.4 is 24.8 Å². The molecule has 6 heteroatoms. The zero-order chi connectivity index (χ0) is 17.5. The summed E-state index contributed by atoms with van der Waals surface area (Å²) in [4.78, 5) is 4.24. The molecule has 6 nitrogen and oxygen atoms in total. The number of rotatable bonds is 6. The van der Waals surface area contributed by atoms with Crippen molar-refractivity contribution in [2.24, 2.45) is 4.99 Å². The molecule has 1 atom stereocenters. The molecule has 1 heterocycles. The topological polar surface area (TPSA) is 64.1 Å². The Labute approximate surface area is 147 Å². The predicted molar refractivity (Wildman–Crippen MR) is 97.3 cm³/mol. The van der Waals surface area contributed by atoms with Gasteiger partial charge in [0.1, 0.15) is 11.9 Å². The van der Waals surface area contributed by atoms with E-state index in [0.717, 1.165) is 28.8 Å². The first kappa shape index (κ1) is 17.0. The Kier molecular flexibility index (Phi) is 5.61. The minimum atomic E-state index is 0.0199. The van der Waals surface area contributed by atoms with Crippen LogP contribution in [0.2, 0.25) is 0 Å². The van der Waals surface area contributed by atoms with Crippen LogP contribution in [0.3, 0.4) is 0 Å². The molecule has 2 N–H and O–H groups in total. The smallest absolute Gasteiger partial charge is 0.231 e. The summed E-state index contributed by atoms with van der Waals surface area (Å²) in [5.74, 6) is 3.16. The van der Waals surface area contributed by atoms with E-state index in [9.17, 15) is 0 Å². The quantitative estimate of drug-likeness (QED) is 0.624. The summed E-state index contributed by atoms with van der Waals surface area (Å²) >= 11 is 0. The first-order valence-corrected chi connectivity index (χ1v) is 8.29. The van der Waals surface area contributed by atoms with Gasteiger partial charge in [-0.2, -0.15) is 0 Å². The molecule has 0 saturated carbocycles. The van der Waals surface area contributed by atoms with Crippen molar-refractivity contribution in [2.75, 3.05) is 20.4 Å². The summed E-state index contributed by atoms with van der Waals surface area (Å²) in [6.45, 7) is 3.60. The predicted octanol–water partition coefficient (Wildman–Crippen LogP) is 2.55. The van der Waals surface area contributed by atoms with Gasteiger partial charge in [-0.1, -0.05) is 24.3 Å². The van der Waals surface area contributed by atoms with Gasteiger partial charge in [0.05, 0.1) is 6.54 Å². The molecule has 0 aromatic heterocycles. The van der Waals surface area contributed by atoms with Gasteiger partial charge in [0.25, 0.3) is 0 Å². The number of benzene rings is 2. The Morgan fingerprint density at radius 2 is 1.92 bits per heavy atom. The van der Waals surface area contributed by atoms with Gasteiger partial charge >= 0.3 is 0 Å². The van der Waals surface area contributed by atoms with Gasteiger partial charge in [0.2, 0.25) is 6.79 Å². The molecule has 1 unspecified atom stereocenters. The van der Waals surface area contributed by atoms with Crippen LogP contribution in [0.15, 0.2) is 53.5 Å². The van der Waals surface area contributed by atoms with Crippen molar-refractivity contribution in [3.63, 3.8) is 0 Å². The maximum atomic E-state index is 5.85. The molecule has 0 saturated heterocycles. The number of fused-ring (bicyclic) bond motifs is 1. The van der Waals surface area contributed by atoms with Crippen LogP contribution in [0, 0.1) is 0 Å². The molecule has 3 rings (SSSR count). The van der Waals surface area contributed by atoms with E-state index in [0.29, 0.717) is 13.1 Å². The van der Waals surface area contributed by atoms with E-state index in [-0.39, 0.29) is 12.9 Å². The van der Waals surface area contributed by atoms with Crippen LogP contribution in [-0.2, 0) is 6.54 Å². The minimum absolute atomic E-state index is 0.0199. The van der Waals surface area contributed by atoms with E-state index in [4.69, 9.17) is 14.2 Å². The van der Waals surface area contributed by atoms with E-state index in [1.54, 1.807) is 7.05 Å². The van der Waals surface area contributed by atoms with Gasteiger partial charge in [0, 0.05) is 13.6 Å². The average Bonchev–Trinajstić information content (AvgIpc) is 3.10. The molecule has 0 fully saturated rings. The van der Waals surface area contributed by atoms with E-state index >= 15 is 0 Å². The zero-order valence-corrected chi connectivity index (χ0v) is 14.5. The molecule has 0 amide bonds. The third-order valence-electron chi connectivity index (χ3n) is 3.76. The lowest BCUT2D eigenvalue weighted by Crippen LogP contribution is -2.41. The number of hydrogen-bond donors (Lipinski definition) is 2. The second-order valence-corrected chi connectivity index (χ2v) is 5.74. The number of para-hydroxylation sites is 1. The highest BCUT2D eigenvalue weighted by Crippen LogP contribution is 2.32. The molecule has 2 aromatic rings. The lowest BCUT2D eigenvalue weighted by molar-refractivity contribution is 0.174. The summed E-state index contributed by atoms with van der Waals surface area (Å²) in [7, 11) is 1.75. The third kappa shape index (κ3) is 4.79. The normalized spacial score (nSPS) is 14.1. The molecule has 1 aliphatic heterocycles. The fraction of sp³-hybridized carbons (Fsp3) is 0.316. The summed E-state index contributed by atoms with van der Waals surface area (Å²) < 4.78 is 16.6. The Balaban J connectivity index is 1.45. The maximum Gasteiger partial charge on any atom is 0.231 e. The van der Waals surface area contributed by atoms with Crippen molar-refractivity contribution in [1.82, 2.24) is 10.6 Å². The van der Waals surface area contributed by atoms with Crippen LogP contribution in [0.25, 0.3) is 0 Å². The lowest BCUT2D eigenvalue weighted by atomic mass is 10.2. The average molecular weight is 341 g/mol. The molecular formula is C19H23N3O3. The van der Waals surface area contributed by atoms with Gasteiger partial charge in [-0.05, 0) is 36.8 Å². The van der Waals surface area contributed by atoms with Gasteiger partial charge in [0.15, 0.2) is 17.5 Å². The Hall–Kier alpha value is -2.89. The molecular weight excluding hydrogens is 318 g/mol. The van der Waals surface area contributed by atoms with Crippen molar-refractivity contribution < 1.29 is 14.2 Å². The molecule has 1 aliphatic rings. The first-order chi connectivity index (χ1) is 12.2. The van der Waals surface area contributed by atoms with E-state index in [1.807, 2.05) is 55.5 Å². The summed E-state index contributed by atoms with van der Waals surface area (Å²) in [6.07, 6.45) is 0.0199. The van der Waals surface area contributed by atoms with Crippen molar-refractivity contribution in [2.45, 2.75) is 19.6 Å². The number of ether oxygens (including phenoxy) is 3. The molecule has 0 radical (unpaired) electrons. The van der Waals surface area contributed by atoms with Crippen LogP contribution in [0.5, 0.6) is 17.2 Å². The Morgan fingerprint density at radius 1 is 1.12 bits per heavy atom. The van der Waals surface area contributed by atoms with Gasteiger partial charge < -0.3 is 24.8 Å². The SMILES string of the molecule is CN=C(NCc1ccc2c(c1)OCO2)NCC(C)Oc1ccccc1. The zero-order valence-electron chi connectivity index (χ0n) is 14.5. The number of hydrogen-bond acceptors (Lipinski definition) is 4. The molecule has 0 bridgehead atoms. The lowest BCUT2D eigenvalue weighted by Gasteiger charge is -2.17. The van der Waals surface area contributed by atoms with Crippen molar-refractivity contribution in [3.05, 3.63) is 54.1 Å². The molecule has 132 valence electrons. The molecule has 0 spiro atoms. The number of nitrogens with zero attached hydrogens (tertiary/aromatic N) is 1. The van der Waals surface area contributed by atoms with E-state index < -0.39 is 0 Å². The monoisotopic (exact) mass is 341 g/mol. The van der Waals surface area contributed by atoms with E-state index in [2.05, 4.69) is 15.6 Å². The second kappa shape index (κ2) is 8.28. The summed E-state index contributed by atoms with van der Waals surface area (Å²) in [6, 6.07) is 15.7. The van der Waals surface area contributed by atoms with Crippen LogP contribution in [0.1, 0.15) is 12.5 Å². The Bertz CT molecular complexity index is 719. The van der Waals surface area contributed by atoms with Crippen molar-refractivity contribution in [3.8, 4) is 17.2 Å². The van der Waals surface area contributed by atoms with Gasteiger partial charge in [-0.3, -0.25) is 4.99 Å². The van der Waals surface area contributed by atoms with Crippen molar-refractivity contribution >= 4 is 5.96 Å². The van der Waals surface area contributed by atoms with Crippen molar-refractivity contribution in [1.29, 1.82) is 0 Å². The van der Waals surface area contributed by atoms with Crippen LogP contribution in [-0.4, -0.2) is 32.4 Å². The molecule has 0 aliphatic carbocycles. The largest absolute Gasteiger partial charge is 0.489 e. The van der Waals surface area contributed by atoms with Gasteiger partial charge in [-0.15, -0.1) is 0 Å².